The first-order chi connectivity index (χ1) is 9.15. The van der Waals surface area contributed by atoms with Gasteiger partial charge >= 0.3 is 5.97 Å². The van der Waals surface area contributed by atoms with E-state index in [1.807, 2.05) is 0 Å². The van der Waals surface area contributed by atoms with E-state index in [0.29, 0.717) is 17.5 Å². The fraction of sp³-hybridized carbons (Fsp3) is 0.200. The predicted octanol–water partition coefficient (Wildman–Crippen LogP) is 2.52. The van der Waals surface area contributed by atoms with Gasteiger partial charge in [-0.25, -0.2) is 0 Å². The number of rotatable bonds is 3. The maximum Gasteiger partial charge on any atom is 0.305 e. The van der Waals surface area contributed by atoms with Crippen LogP contribution in [0.25, 0.3) is 10.8 Å². The molecule has 0 saturated heterocycles. The summed E-state index contributed by atoms with van der Waals surface area (Å²) in [6, 6.07) is 10.7. The van der Waals surface area contributed by atoms with E-state index < -0.39 is 0 Å². The Hall–Kier alpha value is -2.54. The van der Waals surface area contributed by atoms with Gasteiger partial charge < -0.3 is 9.84 Å². The van der Waals surface area contributed by atoms with Crippen LogP contribution < -0.4 is 0 Å². The average Bonchev–Trinajstić information content (AvgIpc) is 2.45. The van der Waals surface area contributed by atoms with Gasteiger partial charge in [0.05, 0.1) is 18.7 Å². The molecule has 0 aromatic heterocycles. The summed E-state index contributed by atoms with van der Waals surface area (Å²) in [6.07, 6.45) is 0.616. The van der Waals surface area contributed by atoms with Crippen LogP contribution in [0.2, 0.25) is 0 Å². The molecule has 0 aliphatic carbocycles. The number of carbonyl (C=O) groups is 1. The van der Waals surface area contributed by atoms with E-state index in [1.165, 1.54) is 7.11 Å². The fourth-order valence-electron chi connectivity index (χ4n) is 2.04. The Labute approximate surface area is 110 Å². The fourth-order valence-corrected chi connectivity index (χ4v) is 2.04. The smallest absolute Gasteiger partial charge is 0.305 e. The van der Waals surface area contributed by atoms with Gasteiger partial charge in [0.1, 0.15) is 5.75 Å². The topological polar surface area (TPSA) is 70.3 Å². The number of hydrogen-bond acceptors (Lipinski definition) is 4. The SMILES string of the molecule is COC(=O)CCc1c(O)ccc2cc(C#N)ccc12. The molecule has 2 aromatic carbocycles. The molecule has 4 nitrogen and oxygen atoms in total. The molecule has 96 valence electrons. The number of nitriles is 1. The molecular formula is C15H13NO3. The van der Waals surface area contributed by atoms with Crippen molar-refractivity contribution in [3.63, 3.8) is 0 Å². The van der Waals surface area contributed by atoms with Crippen molar-refractivity contribution in [2.24, 2.45) is 0 Å². The molecule has 0 heterocycles. The molecule has 0 amide bonds. The first-order valence-electron chi connectivity index (χ1n) is 5.87. The van der Waals surface area contributed by atoms with Gasteiger partial charge in [-0.1, -0.05) is 12.1 Å². The maximum atomic E-state index is 11.2. The van der Waals surface area contributed by atoms with Crippen LogP contribution in [0.4, 0.5) is 0 Å². The van der Waals surface area contributed by atoms with Gasteiger partial charge in [-0.3, -0.25) is 4.79 Å². The number of aromatic hydroxyl groups is 1. The highest BCUT2D eigenvalue weighted by molar-refractivity contribution is 5.89. The maximum absolute atomic E-state index is 11.2. The monoisotopic (exact) mass is 255 g/mol. The highest BCUT2D eigenvalue weighted by Gasteiger charge is 2.10. The Bertz CT molecular complexity index is 671. The van der Waals surface area contributed by atoms with Crippen LogP contribution in [0, 0.1) is 11.3 Å². The summed E-state index contributed by atoms with van der Waals surface area (Å²) >= 11 is 0. The van der Waals surface area contributed by atoms with Gasteiger partial charge in [-0.15, -0.1) is 0 Å². The van der Waals surface area contributed by atoms with E-state index in [2.05, 4.69) is 10.8 Å². The van der Waals surface area contributed by atoms with Crippen LogP contribution in [0.15, 0.2) is 30.3 Å². The number of methoxy groups -OCH3 is 1. The van der Waals surface area contributed by atoms with Gasteiger partial charge in [-0.05, 0) is 35.4 Å². The van der Waals surface area contributed by atoms with Gasteiger partial charge in [0.2, 0.25) is 0 Å². The average molecular weight is 255 g/mol. The lowest BCUT2D eigenvalue weighted by atomic mass is 9.98. The summed E-state index contributed by atoms with van der Waals surface area (Å²) in [6.45, 7) is 0. The van der Waals surface area contributed by atoms with E-state index in [4.69, 9.17) is 5.26 Å². The number of phenolic OH excluding ortho intramolecular Hbond substituents is 1. The molecule has 19 heavy (non-hydrogen) atoms. The number of esters is 1. The molecule has 0 aliphatic rings. The van der Waals surface area contributed by atoms with Gasteiger partial charge in [0.25, 0.3) is 0 Å². The summed E-state index contributed by atoms with van der Waals surface area (Å²) in [5, 5.41) is 20.5. The third-order valence-corrected chi connectivity index (χ3v) is 3.04. The Kier molecular flexibility index (Phi) is 3.67. The second-order valence-electron chi connectivity index (χ2n) is 4.19. The van der Waals surface area contributed by atoms with E-state index in [-0.39, 0.29) is 18.1 Å². The third kappa shape index (κ3) is 2.66. The Balaban J connectivity index is 2.44. The van der Waals surface area contributed by atoms with Crippen LogP contribution in [0.1, 0.15) is 17.5 Å². The van der Waals surface area contributed by atoms with Crippen LogP contribution in [0.3, 0.4) is 0 Å². The molecule has 2 rings (SSSR count). The molecule has 0 fully saturated rings. The van der Waals surface area contributed by atoms with Crippen molar-refractivity contribution >= 4 is 16.7 Å². The number of nitrogens with zero attached hydrogens (tertiary/aromatic N) is 1. The van der Waals surface area contributed by atoms with Gasteiger partial charge in [0, 0.05) is 12.0 Å². The Morgan fingerprint density at radius 3 is 2.84 bits per heavy atom. The van der Waals surface area contributed by atoms with Gasteiger partial charge in [0.15, 0.2) is 0 Å². The number of ether oxygens (including phenoxy) is 1. The lowest BCUT2D eigenvalue weighted by Gasteiger charge is -2.09. The zero-order valence-electron chi connectivity index (χ0n) is 10.5. The normalized spacial score (nSPS) is 10.1. The second-order valence-corrected chi connectivity index (χ2v) is 4.19. The molecule has 0 unspecified atom stereocenters. The highest BCUT2D eigenvalue weighted by atomic mass is 16.5. The Morgan fingerprint density at radius 2 is 2.16 bits per heavy atom. The number of fused-ring (bicyclic) bond motifs is 1. The van der Waals surface area contributed by atoms with Crippen molar-refractivity contribution < 1.29 is 14.6 Å². The van der Waals surface area contributed by atoms with Crippen molar-refractivity contribution in [2.75, 3.05) is 7.11 Å². The molecule has 0 radical (unpaired) electrons. The molecule has 0 aliphatic heterocycles. The number of carbonyl (C=O) groups excluding carboxylic acids is 1. The summed E-state index contributed by atoms with van der Waals surface area (Å²) in [5.41, 5.74) is 1.27. The number of benzene rings is 2. The van der Waals surface area contributed by atoms with E-state index in [1.54, 1.807) is 30.3 Å². The number of hydrogen-bond donors (Lipinski definition) is 1. The van der Waals surface area contributed by atoms with Crippen LogP contribution in [-0.2, 0) is 16.0 Å². The van der Waals surface area contributed by atoms with E-state index in [0.717, 1.165) is 10.8 Å². The molecule has 4 heteroatoms. The third-order valence-electron chi connectivity index (χ3n) is 3.04. The molecule has 1 N–H and O–H groups in total. The van der Waals surface area contributed by atoms with E-state index >= 15 is 0 Å². The van der Waals surface area contributed by atoms with Crippen LogP contribution in [-0.4, -0.2) is 18.2 Å². The molecular weight excluding hydrogens is 242 g/mol. The predicted molar refractivity (Wildman–Crippen MR) is 70.7 cm³/mol. The van der Waals surface area contributed by atoms with Crippen molar-refractivity contribution in [3.05, 3.63) is 41.5 Å². The minimum absolute atomic E-state index is 0.154. The molecule has 0 saturated carbocycles. The zero-order valence-corrected chi connectivity index (χ0v) is 10.5. The van der Waals surface area contributed by atoms with Crippen LogP contribution >= 0.6 is 0 Å². The van der Waals surface area contributed by atoms with Crippen LogP contribution in [0.5, 0.6) is 5.75 Å². The summed E-state index contributed by atoms with van der Waals surface area (Å²) < 4.78 is 4.60. The largest absolute Gasteiger partial charge is 0.508 e. The molecule has 0 spiro atoms. The molecule has 0 atom stereocenters. The highest BCUT2D eigenvalue weighted by Crippen LogP contribution is 2.29. The minimum atomic E-state index is -0.315. The van der Waals surface area contributed by atoms with Crippen molar-refractivity contribution in [1.82, 2.24) is 0 Å². The number of phenols is 1. The quantitative estimate of drug-likeness (QED) is 0.855. The standard InChI is InChI=1S/C15H13NO3/c1-19-15(18)7-5-13-12-4-2-10(9-16)8-11(12)3-6-14(13)17/h2-4,6,8,17H,5,7H2,1H3. The van der Waals surface area contributed by atoms with Crippen molar-refractivity contribution in [1.29, 1.82) is 5.26 Å². The van der Waals surface area contributed by atoms with Crippen molar-refractivity contribution in [3.8, 4) is 11.8 Å². The second kappa shape index (κ2) is 5.40. The molecule has 0 bridgehead atoms. The number of aryl methyl sites for hydroxylation is 1. The Morgan fingerprint density at radius 1 is 1.37 bits per heavy atom. The van der Waals surface area contributed by atoms with Gasteiger partial charge in [-0.2, -0.15) is 5.26 Å². The van der Waals surface area contributed by atoms with Crippen molar-refractivity contribution in [2.45, 2.75) is 12.8 Å². The minimum Gasteiger partial charge on any atom is -0.508 e. The summed E-state index contributed by atoms with van der Waals surface area (Å²) in [5.74, 6) is -0.161. The lowest BCUT2D eigenvalue weighted by molar-refractivity contribution is -0.140. The summed E-state index contributed by atoms with van der Waals surface area (Å²) in [4.78, 5) is 11.2. The van der Waals surface area contributed by atoms with E-state index in [9.17, 15) is 9.90 Å². The summed E-state index contributed by atoms with van der Waals surface area (Å²) in [7, 11) is 1.34. The first kappa shape index (κ1) is 12.9. The first-order valence-corrected chi connectivity index (χ1v) is 5.87. The molecule has 2 aromatic rings. The zero-order chi connectivity index (χ0) is 13.8. The lowest BCUT2D eigenvalue weighted by Crippen LogP contribution is -2.02.